The van der Waals surface area contributed by atoms with Gasteiger partial charge in [-0.05, 0) is 74.1 Å². The predicted octanol–water partition coefficient (Wildman–Crippen LogP) is 2.25. The molecule has 2 aromatic heterocycles. The zero-order valence-corrected chi connectivity index (χ0v) is 24.4. The van der Waals surface area contributed by atoms with E-state index in [4.69, 9.17) is 10.7 Å². The molecule has 1 fully saturated rings. The van der Waals surface area contributed by atoms with Crippen LogP contribution in [0.4, 0.5) is 4.79 Å². The van der Waals surface area contributed by atoms with E-state index in [2.05, 4.69) is 49.1 Å². The molecule has 39 heavy (non-hydrogen) atoms. The Morgan fingerprint density at radius 3 is 2.69 bits per heavy atom. The summed E-state index contributed by atoms with van der Waals surface area (Å²) in [4.78, 5) is 39.4. The number of aromatic nitrogens is 1. The Morgan fingerprint density at radius 1 is 1.38 bits per heavy atom. The molecule has 2 aromatic rings. The van der Waals surface area contributed by atoms with E-state index in [9.17, 15) is 9.59 Å². The van der Waals surface area contributed by atoms with Crippen molar-refractivity contribution in [1.29, 1.82) is 0 Å². The lowest BCUT2D eigenvalue weighted by atomic mass is 10.00. The zero-order valence-electron chi connectivity index (χ0n) is 23.6. The number of carbonyl (C=O) groups is 2. The molecule has 0 aliphatic carbocycles. The highest BCUT2D eigenvalue weighted by molar-refractivity contribution is 7.07. The van der Waals surface area contributed by atoms with Gasteiger partial charge in [-0.2, -0.15) is 11.3 Å². The van der Waals surface area contributed by atoms with Crippen molar-refractivity contribution in [2.24, 2.45) is 16.2 Å². The van der Waals surface area contributed by atoms with E-state index >= 15 is 0 Å². The molecule has 1 unspecified atom stereocenters. The number of rotatable bonds is 11. The third kappa shape index (κ3) is 7.94. The fourth-order valence-corrected chi connectivity index (χ4v) is 5.69. The van der Waals surface area contributed by atoms with Crippen LogP contribution in [0.1, 0.15) is 66.0 Å². The summed E-state index contributed by atoms with van der Waals surface area (Å²) in [6.45, 7) is 10.5. The number of nitrogens with one attached hydrogen (secondary N) is 2. The monoisotopic (exact) mass is 560 g/mol. The Kier molecular flexibility index (Phi) is 10.7. The number of carbonyl (C=O) groups excluding carboxylic acids is 2. The molecule has 3 heterocycles. The van der Waals surface area contributed by atoms with Crippen LogP contribution in [0.5, 0.6) is 0 Å². The van der Waals surface area contributed by atoms with Gasteiger partial charge in [0.1, 0.15) is 5.69 Å². The van der Waals surface area contributed by atoms with Crippen molar-refractivity contribution in [2.45, 2.75) is 71.2 Å². The number of likely N-dealkylation sites (tertiary alicyclic amines) is 1. The molecule has 3 rings (SSSR count). The Morgan fingerprint density at radius 2 is 2.10 bits per heavy atom. The topological polar surface area (TPSA) is 165 Å². The summed E-state index contributed by atoms with van der Waals surface area (Å²) in [6, 6.07) is 4.07. The first-order valence-corrected chi connectivity index (χ1v) is 14.1. The second-order valence-corrected chi connectivity index (χ2v) is 11.1. The van der Waals surface area contributed by atoms with Crippen LogP contribution in [0.2, 0.25) is 0 Å². The summed E-state index contributed by atoms with van der Waals surface area (Å²) in [5.74, 6) is 5.06. The van der Waals surface area contributed by atoms with Crippen molar-refractivity contribution in [3.05, 3.63) is 51.0 Å². The summed E-state index contributed by atoms with van der Waals surface area (Å²) in [5.41, 5.74) is 9.28. The molecule has 1 aliphatic heterocycles. The number of piperidine rings is 1. The van der Waals surface area contributed by atoms with Crippen LogP contribution < -0.4 is 22.4 Å². The maximum absolute atomic E-state index is 13.0. The molecule has 0 bridgehead atoms. The number of amides is 3. The smallest absolute Gasteiger partial charge is 0.341 e. The van der Waals surface area contributed by atoms with E-state index in [1.165, 1.54) is 7.11 Å². The maximum Gasteiger partial charge on any atom is 0.341 e. The average Bonchev–Trinajstić information content (AvgIpc) is 3.40. The number of hydrogen-bond donors (Lipinski definition) is 4. The fourth-order valence-electron chi connectivity index (χ4n) is 5.03. The number of urea groups is 1. The number of thiophene rings is 1. The van der Waals surface area contributed by atoms with Gasteiger partial charge in [-0.15, -0.1) is 5.11 Å². The third-order valence-electron chi connectivity index (χ3n) is 7.25. The van der Waals surface area contributed by atoms with Gasteiger partial charge in [0.25, 0.3) is 5.91 Å². The van der Waals surface area contributed by atoms with Crippen molar-refractivity contribution in [1.82, 2.24) is 25.6 Å². The van der Waals surface area contributed by atoms with Crippen LogP contribution in [0.15, 0.2) is 33.2 Å². The molecule has 0 spiro atoms. The Labute approximate surface area is 234 Å². The third-order valence-corrected chi connectivity index (χ3v) is 7.98. The largest absolute Gasteiger partial charge is 0.352 e. The second-order valence-electron chi connectivity index (χ2n) is 10.3. The van der Waals surface area contributed by atoms with Gasteiger partial charge in [0, 0.05) is 45.2 Å². The van der Waals surface area contributed by atoms with Gasteiger partial charge in [0.2, 0.25) is 5.66 Å². The summed E-state index contributed by atoms with van der Waals surface area (Å²) < 4.78 is 0. The number of pyridine rings is 1. The van der Waals surface area contributed by atoms with E-state index in [0.717, 1.165) is 43.5 Å². The highest BCUT2D eigenvalue weighted by atomic mass is 32.1. The van der Waals surface area contributed by atoms with Gasteiger partial charge in [-0.25, -0.2) is 15.3 Å². The SMILES string of the molecule is CONC(=O)N(Cc1ccsc1)C1CCN([C@H](C)CCNC(=O)c2c(C)cc(C(C)([NH3+])/N=N\N)nc2C)CC1. The lowest BCUT2D eigenvalue weighted by Gasteiger charge is -2.40. The molecular formula is C26H42N9O3S+. The van der Waals surface area contributed by atoms with Crippen molar-refractivity contribution < 1.29 is 20.2 Å². The summed E-state index contributed by atoms with van der Waals surface area (Å²) >= 11 is 1.63. The summed E-state index contributed by atoms with van der Waals surface area (Å²) in [6.07, 6.45) is 2.57. The van der Waals surface area contributed by atoms with Gasteiger partial charge in [-0.1, -0.05) is 5.22 Å². The molecule has 13 heteroatoms. The van der Waals surface area contributed by atoms with Crippen LogP contribution in [-0.4, -0.2) is 65.5 Å². The normalized spacial score (nSPS) is 17.1. The van der Waals surface area contributed by atoms with E-state index in [0.29, 0.717) is 36.1 Å². The Balaban J connectivity index is 1.51. The highest BCUT2D eigenvalue weighted by Gasteiger charge is 2.31. The highest BCUT2D eigenvalue weighted by Crippen LogP contribution is 2.23. The first kappa shape index (κ1) is 30.4. The number of hydrogen-bond acceptors (Lipinski definition) is 8. The standard InChI is InChI=1S/C26H41N9O3S/c1-17-14-22(26(4,27)32-33-28)30-19(3)23(17)24(36)29-10-6-18(2)34-11-7-21(8-12-34)35(25(37)31-38-5)15-20-9-13-39-16-20/h9,13-14,16,18,21H,6-8,10-12,15,27H2,1-5H3,(H2,28,32)(H,29,36)(H,31,37)/p+1/t18-,26?/m1/s1. The fraction of sp³-hybridized carbons (Fsp3) is 0.577. The Bertz CT molecular complexity index is 1110. The van der Waals surface area contributed by atoms with Crippen LogP contribution in [-0.2, 0) is 17.0 Å². The average molecular weight is 561 g/mol. The van der Waals surface area contributed by atoms with E-state index in [1.807, 2.05) is 36.3 Å². The molecule has 214 valence electrons. The summed E-state index contributed by atoms with van der Waals surface area (Å²) in [5, 5.41) is 14.4. The molecule has 7 N–H and O–H groups in total. The van der Waals surface area contributed by atoms with Gasteiger partial charge >= 0.3 is 6.03 Å². The van der Waals surface area contributed by atoms with Crippen molar-refractivity contribution in [3.63, 3.8) is 0 Å². The molecule has 0 saturated carbocycles. The number of hydroxylamine groups is 1. The van der Waals surface area contributed by atoms with Crippen LogP contribution in [0.3, 0.4) is 0 Å². The predicted molar refractivity (Wildman–Crippen MR) is 149 cm³/mol. The van der Waals surface area contributed by atoms with Crippen LogP contribution in [0, 0.1) is 13.8 Å². The first-order valence-electron chi connectivity index (χ1n) is 13.2. The van der Waals surface area contributed by atoms with Crippen molar-refractivity contribution in [3.8, 4) is 0 Å². The number of aryl methyl sites for hydroxylation is 2. The van der Waals surface area contributed by atoms with E-state index in [1.54, 1.807) is 18.3 Å². The summed E-state index contributed by atoms with van der Waals surface area (Å²) in [7, 11) is 1.45. The van der Waals surface area contributed by atoms with Crippen molar-refractivity contribution >= 4 is 23.3 Å². The Hall–Kier alpha value is -3.13. The second kappa shape index (κ2) is 13.8. The molecule has 0 radical (unpaired) electrons. The van der Waals surface area contributed by atoms with Gasteiger partial charge in [0.15, 0.2) is 0 Å². The quantitative estimate of drug-likeness (QED) is 0.187. The van der Waals surface area contributed by atoms with E-state index < -0.39 is 5.66 Å². The van der Waals surface area contributed by atoms with Crippen LogP contribution >= 0.6 is 11.3 Å². The van der Waals surface area contributed by atoms with E-state index in [-0.39, 0.29) is 18.0 Å². The van der Waals surface area contributed by atoms with Crippen LogP contribution in [0.25, 0.3) is 0 Å². The van der Waals surface area contributed by atoms with Gasteiger partial charge in [0.05, 0.1) is 18.4 Å². The maximum atomic E-state index is 13.0. The first-order chi connectivity index (χ1) is 18.6. The van der Waals surface area contributed by atoms with Gasteiger partial charge < -0.3 is 26.7 Å². The molecule has 12 nitrogen and oxygen atoms in total. The zero-order chi connectivity index (χ0) is 28.6. The molecular weight excluding hydrogens is 518 g/mol. The lowest BCUT2D eigenvalue weighted by Crippen LogP contribution is -2.67. The minimum atomic E-state index is -0.920. The molecule has 1 saturated heterocycles. The molecule has 0 aromatic carbocycles. The molecule has 3 amide bonds. The molecule has 2 atom stereocenters. The van der Waals surface area contributed by atoms with Crippen molar-refractivity contribution in [2.75, 3.05) is 26.7 Å². The number of nitrogens with zero attached hydrogens (tertiary/aromatic N) is 5. The number of quaternary nitrogens is 1. The molecule has 1 aliphatic rings. The minimum Gasteiger partial charge on any atom is -0.352 e. The van der Waals surface area contributed by atoms with Gasteiger partial charge in [-0.3, -0.25) is 9.63 Å². The lowest BCUT2D eigenvalue weighted by molar-refractivity contribution is -0.482. The minimum absolute atomic E-state index is 0.135. The number of nitrogens with two attached hydrogens (primary N) is 1.